The maximum absolute atomic E-state index is 2.54. The van der Waals surface area contributed by atoms with Gasteiger partial charge in [-0.1, -0.05) is 30.3 Å². The van der Waals surface area contributed by atoms with Crippen molar-refractivity contribution in [1.29, 1.82) is 0 Å². The second-order valence-corrected chi connectivity index (χ2v) is 7.45. The van der Waals surface area contributed by atoms with E-state index in [0.29, 0.717) is 0 Å². The van der Waals surface area contributed by atoms with Crippen molar-refractivity contribution < 1.29 is 4.57 Å². The smallest absolute Gasteiger partial charge is 0.220 e. The Labute approximate surface area is 142 Å². The fourth-order valence-corrected chi connectivity index (χ4v) is 4.57. The van der Waals surface area contributed by atoms with Gasteiger partial charge in [-0.3, -0.25) is 0 Å². The van der Waals surface area contributed by atoms with Gasteiger partial charge in [-0.2, -0.15) is 0 Å². The molecule has 1 aliphatic rings. The van der Waals surface area contributed by atoms with E-state index in [1.807, 2.05) is 0 Å². The van der Waals surface area contributed by atoms with E-state index in [9.17, 15) is 0 Å². The minimum Gasteiger partial charge on any atom is -0.330 e. The summed E-state index contributed by atoms with van der Waals surface area (Å²) in [5, 5.41) is 2.70. The largest absolute Gasteiger partial charge is 0.330 e. The highest BCUT2D eigenvalue weighted by atomic mass is 15.1. The van der Waals surface area contributed by atoms with Crippen LogP contribution in [0.5, 0.6) is 0 Å². The van der Waals surface area contributed by atoms with Gasteiger partial charge in [0.25, 0.3) is 0 Å². The average molecular weight is 313 g/mol. The molecule has 0 aliphatic carbocycles. The molecule has 118 valence electrons. The molecule has 2 nitrogen and oxygen atoms in total. The van der Waals surface area contributed by atoms with Crippen LogP contribution in [0.25, 0.3) is 33.1 Å². The van der Waals surface area contributed by atoms with Crippen LogP contribution in [0.3, 0.4) is 0 Å². The fourth-order valence-electron chi connectivity index (χ4n) is 4.57. The first-order valence-electron chi connectivity index (χ1n) is 8.54. The third-order valence-corrected chi connectivity index (χ3v) is 5.68. The van der Waals surface area contributed by atoms with Crippen molar-refractivity contribution in [2.75, 3.05) is 0 Å². The third kappa shape index (κ3) is 1.44. The van der Waals surface area contributed by atoms with Crippen LogP contribution in [-0.2, 0) is 12.6 Å². The number of fused-ring (bicyclic) bond motifs is 5. The summed E-state index contributed by atoms with van der Waals surface area (Å²) in [6, 6.07) is 17.8. The van der Waals surface area contributed by atoms with E-state index >= 15 is 0 Å². The van der Waals surface area contributed by atoms with Crippen molar-refractivity contribution in [3.8, 4) is 11.3 Å². The van der Waals surface area contributed by atoms with Crippen molar-refractivity contribution in [3.05, 3.63) is 65.9 Å². The Hall–Kier alpha value is -2.61. The number of hydrogen-bond donors (Lipinski definition) is 0. The highest BCUT2D eigenvalue weighted by Gasteiger charge is 2.39. The van der Waals surface area contributed by atoms with Crippen molar-refractivity contribution in [1.82, 2.24) is 4.57 Å². The lowest BCUT2D eigenvalue weighted by Gasteiger charge is -2.34. The van der Waals surface area contributed by atoms with Crippen LogP contribution in [0.4, 0.5) is 0 Å². The van der Waals surface area contributed by atoms with Gasteiger partial charge in [-0.05, 0) is 38.5 Å². The lowest BCUT2D eigenvalue weighted by Crippen LogP contribution is -2.40. The van der Waals surface area contributed by atoms with Gasteiger partial charge in [0, 0.05) is 27.9 Å². The Bertz CT molecular complexity index is 1150. The third-order valence-electron chi connectivity index (χ3n) is 5.68. The van der Waals surface area contributed by atoms with E-state index in [-0.39, 0.29) is 5.54 Å². The van der Waals surface area contributed by atoms with E-state index < -0.39 is 0 Å². The Kier molecular flexibility index (Phi) is 2.45. The molecule has 2 aromatic carbocycles. The number of pyridine rings is 1. The molecule has 0 fully saturated rings. The van der Waals surface area contributed by atoms with Crippen molar-refractivity contribution in [3.63, 3.8) is 0 Å². The van der Waals surface area contributed by atoms with Gasteiger partial charge in [-0.15, -0.1) is 0 Å². The molecule has 2 aromatic heterocycles. The predicted molar refractivity (Wildman–Crippen MR) is 99.2 cm³/mol. The van der Waals surface area contributed by atoms with Gasteiger partial charge < -0.3 is 4.57 Å². The molecular weight excluding hydrogens is 292 g/mol. The summed E-state index contributed by atoms with van der Waals surface area (Å²) in [5.74, 6) is 0. The highest BCUT2D eigenvalue weighted by Crippen LogP contribution is 2.47. The average Bonchev–Trinajstić information content (AvgIpc) is 2.90. The van der Waals surface area contributed by atoms with Gasteiger partial charge >= 0.3 is 0 Å². The quantitative estimate of drug-likeness (QED) is 0.416. The van der Waals surface area contributed by atoms with E-state index in [4.69, 9.17) is 0 Å². The summed E-state index contributed by atoms with van der Waals surface area (Å²) in [5.41, 5.74) is 8.05. The molecule has 1 aliphatic heterocycles. The summed E-state index contributed by atoms with van der Waals surface area (Å²) in [6.07, 6.45) is 2.16. The molecule has 0 saturated heterocycles. The first-order chi connectivity index (χ1) is 11.5. The first kappa shape index (κ1) is 13.8. The molecule has 4 aromatic rings. The van der Waals surface area contributed by atoms with Gasteiger partial charge in [-0.25, -0.2) is 4.57 Å². The number of para-hydroxylation sites is 1. The zero-order valence-electron chi connectivity index (χ0n) is 14.6. The van der Waals surface area contributed by atoms with Crippen LogP contribution < -0.4 is 4.57 Å². The predicted octanol–water partition coefficient (Wildman–Crippen LogP) is 4.69. The molecule has 0 radical (unpaired) electrons. The molecule has 0 amide bonds. The fraction of sp³-hybridized carbons (Fsp3) is 0.227. The second-order valence-electron chi connectivity index (χ2n) is 7.45. The van der Waals surface area contributed by atoms with E-state index in [0.717, 1.165) is 0 Å². The highest BCUT2D eigenvalue weighted by molar-refractivity contribution is 6.14. The zero-order chi connectivity index (χ0) is 16.6. The number of benzene rings is 2. The maximum Gasteiger partial charge on any atom is 0.220 e. The van der Waals surface area contributed by atoms with E-state index in [1.54, 1.807) is 0 Å². The molecule has 0 N–H and O–H groups in total. The van der Waals surface area contributed by atoms with Crippen LogP contribution in [0.1, 0.15) is 25.0 Å². The van der Waals surface area contributed by atoms with Crippen molar-refractivity contribution in [2.24, 2.45) is 7.05 Å². The summed E-state index contributed by atoms with van der Waals surface area (Å²) in [7, 11) is 2.16. The molecule has 0 bridgehead atoms. The molecule has 0 saturated carbocycles. The Balaban J connectivity index is 2.16. The molecule has 5 rings (SSSR count). The Morgan fingerprint density at radius 1 is 0.917 bits per heavy atom. The topological polar surface area (TPSA) is 8.81 Å². The van der Waals surface area contributed by atoms with Gasteiger partial charge in [0.05, 0.1) is 16.6 Å². The first-order valence-corrected chi connectivity index (χ1v) is 8.54. The van der Waals surface area contributed by atoms with Crippen LogP contribution in [0.15, 0.2) is 54.7 Å². The Morgan fingerprint density at radius 3 is 2.54 bits per heavy atom. The number of rotatable bonds is 0. The molecule has 0 atom stereocenters. The standard InChI is InChI=1S/C22H21N2/c1-14-11-12-16-15-8-5-6-10-18(15)24-20(16)19(14)21-17(22(24,2)3)9-7-13-23(21)4/h5-13H,1-4H3/q+1. The maximum atomic E-state index is 2.54. The van der Waals surface area contributed by atoms with Crippen molar-refractivity contribution >= 4 is 21.8 Å². The molecule has 3 heterocycles. The number of nitrogens with zero attached hydrogens (tertiary/aromatic N) is 2. The van der Waals surface area contributed by atoms with Gasteiger partial charge in [0.15, 0.2) is 6.20 Å². The van der Waals surface area contributed by atoms with E-state index in [2.05, 4.69) is 91.7 Å². The molecule has 24 heavy (non-hydrogen) atoms. The molecule has 0 unspecified atom stereocenters. The van der Waals surface area contributed by atoms with Crippen molar-refractivity contribution in [2.45, 2.75) is 26.3 Å². The zero-order valence-corrected chi connectivity index (χ0v) is 14.6. The number of hydrogen-bond acceptors (Lipinski definition) is 0. The summed E-state index contributed by atoms with van der Waals surface area (Å²) in [4.78, 5) is 0. The monoisotopic (exact) mass is 313 g/mol. The lowest BCUT2D eigenvalue weighted by molar-refractivity contribution is -0.661. The second kappa shape index (κ2) is 4.27. The number of aryl methyl sites for hydroxylation is 2. The number of aromatic nitrogens is 2. The minimum atomic E-state index is -0.0868. The normalized spacial score (nSPS) is 15.0. The van der Waals surface area contributed by atoms with Crippen LogP contribution in [-0.4, -0.2) is 4.57 Å². The van der Waals surface area contributed by atoms with Gasteiger partial charge in [0.1, 0.15) is 7.05 Å². The van der Waals surface area contributed by atoms with Crippen LogP contribution >= 0.6 is 0 Å². The lowest BCUT2D eigenvalue weighted by atomic mass is 9.84. The Morgan fingerprint density at radius 2 is 1.71 bits per heavy atom. The molecule has 0 spiro atoms. The summed E-state index contributed by atoms with van der Waals surface area (Å²) < 4.78 is 4.82. The molecule has 2 heteroatoms. The molecular formula is C22H21N2+. The summed E-state index contributed by atoms with van der Waals surface area (Å²) in [6.45, 7) is 6.90. The minimum absolute atomic E-state index is 0.0868. The van der Waals surface area contributed by atoms with Gasteiger partial charge in [0.2, 0.25) is 5.69 Å². The van der Waals surface area contributed by atoms with Crippen LogP contribution in [0, 0.1) is 6.92 Å². The van der Waals surface area contributed by atoms with Crippen LogP contribution in [0.2, 0.25) is 0 Å². The van der Waals surface area contributed by atoms with E-state index in [1.165, 1.54) is 44.2 Å². The summed E-state index contributed by atoms with van der Waals surface area (Å²) >= 11 is 0. The SMILES string of the molecule is Cc1ccc2c3ccccc3n3c2c1-c1c(ccc[n+]1C)C3(C)C.